The predicted octanol–water partition coefficient (Wildman–Crippen LogP) is 2.25. The highest BCUT2D eigenvalue weighted by atomic mass is 16.2. The van der Waals surface area contributed by atoms with Crippen molar-refractivity contribution >= 4 is 29.0 Å². The highest BCUT2D eigenvalue weighted by Crippen LogP contribution is 2.28. The van der Waals surface area contributed by atoms with Gasteiger partial charge >= 0.3 is 0 Å². The van der Waals surface area contributed by atoms with Crippen molar-refractivity contribution in [2.24, 2.45) is 0 Å². The zero-order valence-corrected chi connectivity index (χ0v) is 13.8. The molecule has 3 rings (SSSR count). The first-order chi connectivity index (χ1) is 11.6. The number of nitrogens with one attached hydrogen (secondary N) is 2. The molecule has 2 aromatic rings. The summed E-state index contributed by atoms with van der Waals surface area (Å²) in [6.07, 6.45) is 2.59. The molecule has 0 radical (unpaired) electrons. The zero-order valence-electron chi connectivity index (χ0n) is 13.8. The zero-order chi connectivity index (χ0) is 17.1. The predicted molar refractivity (Wildman–Crippen MR) is 93.1 cm³/mol. The van der Waals surface area contributed by atoms with Crippen molar-refractivity contribution in [3.63, 3.8) is 0 Å². The average Bonchev–Trinajstić information content (AvgIpc) is 3.02. The molecule has 2 amide bonds. The van der Waals surface area contributed by atoms with Gasteiger partial charge in [-0.05, 0) is 25.5 Å². The highest BCUT2D eigenvalue weighted by Gasteiger charge is 2.23. The molecule has 0 aliphatic carbocycles. The van der Waals surface area contributed by atoms with E-state index in [4.69, 9.17) is 0 Å². The molecule has 0 saturated carbocycles. The van der Waals surface area contributed by atoms with Gasteiger partial charge in [-0.25, -0.2) is 4.68 Å². The van der Waals surface area contributed by atoms with Crippen molar-refractivity contribution in [1.29, 1.82) is 0 Å². The second-order valence-electron chi connectivity index (χ2n) is 5.89. The molecular weight excluding hydrogens is 306 g/mol. The minimum atomic E-state index is -0.176. The fourth-order valence-corrected chi connectivity index (χ4v) is 2.74. The lowest BCUT2D eigenvalue weighted by Crippen LogP contribution is -2.42. The van der Waals surface area contributed by atoms with Crippen molar-refractivity contribution in [3.05, 3.63) is 36.5 Å². The molecular formula is C17H21N5O2. The Balaban J connectivity index is 1.72. The van der Waals surface area contributed by atoms with Gasteiger partial charge in [0.15, 0.2) is 0 Å². The number of rotatable bonds is 5. The molecule has 1 atom stereocenters. The molecule has 24 heavy (non-hydrogen) atoms. The van der Waals surface area contributed by atoms with Crippen LogP contribution in [0.4, 0.5) is 17.2 Å². The normalized spacial score (nSPS) is 14.8. The van der Waals surface area contributed by atoms with E-state index in [1.54, 1.807) is 21.8 Å². The number of nitrogens with zero attached hydrogens (tertiary/aromatic N) is 3. The Kier molecular flexibility index (Phi) is 4.50. The van der Waals surface area contributed by atoms with Crippen molar-refractivity contribution in [1.82, 2.24) is 9.78 Å². The standard InChI is InChI=1S/C17H21N5O2/c1-3-12(2)22-15(8-9-18-22)20-17(24)11-21-10-16(23)19-13-6-4-5-7-14(13)21/h4-9,12H,3,10-11H2,1-2H3,(H,19,23)(H,20,24)/t12-/m1/s1. The molecule has 0 bridgehead atoms. The third-order valence-electron chi connectivity index (χ3n) is 4.13. The van der Waals surface area contributed by atoms with Crippen LogP contribution in [0, 0.1) is 0 Å². The molecule has 0 unspecified atom stereocenters. The summed E-state index contributed by atoms with van der Waals surface area (Å²) in [4.78, 5) is 26.0. The van der Waals surface area contributed by atoms with Crippen LogP contribution in [0.5, 0.6) is 0 Å². The molecule has 0 saturated heterocycles. The number of hydrogen-bond acceptors (Lipinski definition) is 4. The molecule has 2 N–H and O–H groups in total. The van der Waals surface area contributed by atoms with Gasteiger partial charge in [-0.15, -0.1) is 0 Å². The van der Waals surface area contributed by atoms with E-state index in [1.165, 1.54) is 0 Å². The molecule has 2 heterocycles. The van der Waals surface area contributed by atoms with E-state index in [2.05, 4.69) is 22.7 Å². The molecule has 7 heteroatoms. The Morgan fingerprint density at radius 1 is 1.38 bits per heavy atom. The summed E-state index contributed by atoms with van der Waals surface area (Å²) < 4.78 is 1.80. The summed E-state index contributed by atoms with van der Waals surface area (Å²) in [6.45, 7) is 4.39. The maximum absolute atomic E-state index is 12.4. The number of benzene rings is 1. The van der Waals surface area contributed by atoms with Crippen LogP contribution in [0.25, 0.3) is 0 Å². The number of anilines is 3. The van der Waals surface area contributed by atoms with Gasteiger partial charge < -0.3 is 15.5 Å². The summed E-state index contributed by atoms with van der Waals surface area (Å²) in [6, 6.07) is 9.45. The molecule has 1 aliphatic rings. The average molecular weight is 327 g/mol. The highest BCUT2D eigenvalue weighted by molar-refractivity contribution is 6.03. The van der Waals surface area contributed by atoms with E-state index in [-0.39, 0.29) is 30.9 Å². The Bertz CT molecular complexity index is 755. The number of carbonyl (C=O) groups excluding carboxylic acids is 2. The van der Waals surface area contributed by atoms with E-state index in [1.807, 2.05) is 31.2 Å². The van der Waals surface area contributed by atoms with Crippen LogP contribution in [-0.4, -0.2) is 34.7 Å². The maximum Gasteiger partial charge on any atom is 0.245 e. The second kappa shape index (κ2) is 6.74. The molecule has 1 aliphatic heterocycles. The molecule has 126 valence electrons. The van der Waals surface area contributed by atoms with Gasteiger partial charge in [-0.3, -0.25) is 9.59 Å². The van der Waals surface area contributed by atoms with Crippen LogP contribution < -0.4 is 15.5 Å². The van der Waals surface area contributed by atoms with Crippen molar-refractivity contribution in [2.75, 3.05) is 28.6 Å². The molecule has 0 fully saturated rings. The van der Waals surface area contributed by atoms with Crippen LogP contribution >= 0.6 is 0 Å². The first-order valence-corrected chi connectivity index (χ1v) is 8.05. The summed E-state index contributed by atoms with van der Waals surface area (Å²) in [5.41, 5.74) is 1.58. The topological polar surface area (TPSA) is 79.3 Å². The molecule has 1 aromatic heterocycles. The van der Waals surface area contributed by atoms with Crippen molar-refractivity contribution < 1.29 is 9.59 Å². The smallest absolute Gasteiger partial charge is 0.245 e. The number of para-hydroxylation sites is 2. The van der Waals surface area contributed by atoms with E-state index in [0.717, 1.165) is 17.8 Å². The van der Waals surface area contributed by atoms with E-state index >= 15 is 0 Å². The number of amides is 2. The number of aromatic nitrogens is 2. The summed E-state index contributed by atoms with van der Waals surface area (Å²) in [5.74, 6) is 0.375. The Hall–Kier alpha value is -2.83. The minimum absolute atomic E-state index is 0.107. The first-order valence-electron chi connectivity index (χ1n) is 8.05. The van der Waals surface area contributed by atoms with Crippen LogP contribution in [0.15, 0.2) is 36.5 Å². The maximum atomic E-state index is 12.4. The third-order valence-corrected chi connectivity index (χ3v) is 4.13. The monoisotopic (exact) mass is 327 g/mol. The summed E-state index contributed by atoms with van der Waals surface area (Å²) in [5, 5.41) is 9.96. The van der Waals surface area contributed by atoms with Gasteiger partial charge in [0, 0.05) is 6.07 Å². The van der Waals surface area contributed by atoms with Gasteiger partial charge in [0.2, 0.25) is 11.8 Å². The van der Waals surface area contributed by atoms with Gasteiger partial charge in [0.25, 0.3) is 0 Å². The SMILES string of the molecule is CC[C@@H](C)n1nccc1NC(=O)CN1CC(=O)Nc2ccccc21. The second-order valence-corrected chi connectivity index (χ2v) is 5.89. The Morgan fingerprint density at radius 2 is 2.17 bits per heavy atom. The summed E-state index contributed by atoms with van der Waals surface area (Å²) >= 11 is 0. The van der Waals surface area contributed by atoms with E-state index < -0.39 is 0 Å². The largest absolute Gasteiger partial charge is 0.351 e. The van der Waals surface area contributed by atoms with Crippen LogP contribution in [0.1, 0.15) is 26.3 Å². The molecule has 1 aromatic carbocycles. The van der Waals surface area contributed by atoms with Gasteiger partial charge in [-0.2, -0.15) is 5.10 Å². The lowest BCUT2D eigenvalue weighted by atomic mass is 10.2. The molecule has 7 nitrogen and oxygen atoms in total. The van der Waals surface area contributed by atoms with Crippen molar-refractivity contribution in [3.8, 4) is 0 Å². The fraction of sp³-hybridized carbons (Fsp3) is 0.353. The minimum Gasteiger partial charge on any atom is -0.351 e. The fourth-order valence-electron chi connectivity index (χ4n) is 2.74. The number of fused-ring (bicyclic) bond motifs is 1. The van der Waals surface area contributed by atoms with E-state index in [0.29, 0.717) is 5.82 Å². The number of hydrogen-bond donors (Lipinski definition) is 2. The lowest BCUT2D eigenvalue weighted by molar-refractivity contribution is -0.115. The van der Waals surface area contributed by atoms with Crippen LogP contribution in [0.3, 0.4) is 0 Å². The molecule has 0 spiro atoms. The van der Waals surface area contributed by atoms with Crippen molar-refractivity contribution in [2.45, 2.75) is 26.3 Å². The lowest BCUT2D eigenvalue weighted by Gasteiger charge is -2.30. The quantitative estimate of drug-likeness (QED) is 0.883. The van der Waals surface area contributed by atoms with Crippen LogP contribution in [0.2, 0.25) is 0 Å². The first kappa shape index (κ1) is 16.0. The van der Waals surface area contributed by atoms with Gasteiger partial charge in [-0.1, -0.05) is 19.1 Å². The Morgan fingerprint density at radius 3 is 2.96 bits per heavy atom. The van der Waals surface area contributed by atoms with Crippen LogP contribution in [-0.2, 0) is 9.59 Å². The van der Waals surface area contributed by atoms with Gasteiger partial charge in [0.05, 0.1) is 36.7 Å². The third kappa shape index (κ3) is 3.24. The van der Waals surface area contributed by atoms with E-state index in [9.17, 15) is 9.59 Å². The number of carbonyl (C=O) groups is 2. The Labute approximate surface area is 140 Å². The summed E-state index contributed by atoms with van der Waals surface area (Å²) in [7, 11) is 0. The van der Waals surface area contributed by atoms with Gasteiger partial charge in [0.1, 0.15) is 5.82 Å².